The van der Waals surface area contributed by atoms with Gasteiger partial charge in [0.05, 0.1) is 12.3 Å². The molecule has 1 N–H and O–H groups in total. The Morgan fingerprint density at radius 1 is 1.50 bits per heavy atom. The van der Waals surface area contributed by atoms with Gasteiger partial charge >= 0.3 is 5.69 Å². The lowest BCUT2D eigenvalue weighted by molar-refractivity contribution is -0.122. The van der Waals surface area contributed by atoms with Crippen LogP contribution in [0.5, 0.6) is 0 Å². The van der Waals surface area contributed by atoms with Crippen molar-refractivity contribution in [1.82, 2.24) is 14.5 Å². The Morgan fingerprint density at radius 3 is 2.83 bits per heavy atom. The predicted molar refractivity (Wildman–Crippen MR) is 83.2 cm³/mol. The molecule has 2 aromatic rings. The molecule has 0 bridgehead atoms. The number of carbonyl (C=O) groups excluding carboxylic acids is 1. The van der Waals surface area contributed by atoms with Gasteiger partial charge in [-0.3, -0.25) is 14.2 Å². The molecule has 2 aromatic heterocycles. The summed E-state index contributed by atoms with van der Waals surface area (Å²) < 4.78 is 7.37. The van der Waals surface area contributed by atoms with E-state index in [4.69, 9.17) is 9.68 Å². The summed E-state index contributed by atoms with van der Waals surface area (Å²) in [6.07, 6.45) is 4.42. The minimum atomic E-state index is -0.750. The minimum Gasteiger partial charge on any atom is -0.467 e. The summed E-state index contributed by atoms with van der Waals surface area (Å²) in [6, 6.07) is 4.81. The van der Waals surface area contributed by atoms with Gasteiger partial charge in [0.2, 0.25) is 5.91 Å². The molecule has 3 rings (SSSR count). The molecule has 1 saturated carbocycles. The molecule has 0 aromatic carbocycles. The second-order valence-electron chi connectivity index (χ2n) is 5.77. The van der Waals surface area contributed by atoms with Gasteiger partial charge in [-0.1, -0.05) is 0 Å². The van der Waals surface area contributed by atoms with Crippen LogP contribution in [0.25, 0.3) is 0 Å². The zero-order valence-electron chi connectivity index (χ0n) is 13.1. The maximum atomic E-state index is 12.4. The third kappa shape index (κ3) is 3.01. The van der Waals surface area contributed by atoms with Gasteiger partial charge in [0.15, 0.2) is 0 Å². The lowest BCUT2D eigenvalue weighted by Crippen LogP contribution is -2.44. The van der Waals surface area contributed by atoms with Crippen molar-refractivity contribution in [3.63, 3.8) is 0 Å². The summed E-state index contributed by atoms with van der Waals surface area (Å²) >= 11 is 0. The fourth-order valence-corrected chi connectivity index (χ4v) is 2.49. The van der Waals surface area contributed by atoms with Crippen molar-refractivity contribution in [2.75, 3.05) is 0 Å². The summed E-state index contributed by atoms with van der Waals surface area (Å²) in [6.45, 7) is 1.29. The van der Waals surface area contributed by atoms with Crippen molar-refractivity contribution in [3.05, 3.63) is 56.8 Å². The van der Waals surface area contributed by atoms with Crippen LogP contribution in [0.4, 0.5) is 0 Å². The predicted octanol–water partition coefficient (Wildman–Crippen LogP) is 0.687. The SMILES string of the molecule is CC(NC(=O)Cn1c(=O)c(C#N)cn(C2CC2)c1=O)c1ccco1. The Morgan fingerprint density at radius 2 is 2.25 bits per heavy atom. The molecule has 0 radical (unpaired) electrons. The van der Waals surface area contributed by atoms with Crippen LogP contribution in [0.3, 0.4) is 0 Å². The second-order valence-corrected chi connectivity index (χ2v) is 5.77. The number of aromatic nitrogens is 2. The van der Waals surface area contributed by atoms with Crippen molar-refractivity contribution < 1.29 is 9.21 Å². The average Bonchev–Trinajstić information content (AvgIpc) is 3.24. The first-order valence-corrected chi connectivity index (χ1v) is 7.60. The van der Waals surface area contributed by atoms with Gasteiger partial charge in [0.25, 0.3) is 5.56 Å². The first-order valence-electron chi connectivity index (χ1n) is 7.60. The van der Waals surface area contributed by atoms with Crippen molar-refractivity contribution in [3.8, 4) is 6.07 Å². The molecule has 0 saturated heterocycles. The van der Waals surface area contributed by atoms with Crippen LogP contribution in [0.15, 0.2) is 38.6 Å². The van der Waals surface area contributed by atoms with Gasteiger partial charge in [0, 0.05) is 12.2 Å². The van der Waals surface area contributed by atoms with Gasteiger partial charge in [-0.05, 0) is 31.9 Å². The molecule has 8 heteroatoms. The number of furan rings is 1. The van der Waals surface area contributed by atoms with Crippen LogP contribution in [-0.4, -0.2) is 15.0 Å². The van der Waals surface area contributed by atoms with Crippen LogP contribution < -0.4 is 16.6 Å². The van der Waals surface area contributed by atoms with E-state index in [1.54, 1.807) is 25.1 Å². The summed E-state index contributed by atoms with van der Waals surface area (Å²) in [4.78, 5) is 36.8. The van der Waals surface area contributed by atoms with E-state index in [1.165, 1.54) is 17.0 Å². The molecule has 1 atom stereocenters. The molecule has 0 spiro atoms. The molecule has 0 aliphatic heterocycles. The van der Waals surface area contributed by atoms with Gasteiger partial charge in [-0.2, -0.15) is 5.26 Å². The second kappa shape index (κ2) is 6.20. The molecule has 8 nitrogen and oxygen atoms in total. The molecule has 24 heavy (non-hydrogen) atoms. The van der Waals surface area contributed by atoms with E-state index in [9.17, 15) is 14.4 Å². The third-order valence-electron chi connectivity index (χ3n) is 3.91. The number of nitriles is 1. The molecular weight excluding hydrogens is 312 g/mol. The van der Waals surface area contributed by atoms with E-state index in [-0.39, 0.29) is 11.6 Å². The Hall–Kier alpha value is -3.08. The maximum absolute atomic E-state index is 12.4. The van der Waals surface area contributed by atoms with Crippen LogP contribution in [0.1, 0.15) is 43.2 Å². The normalized spacial score (nSPS) is 14.8. The largest absolute Gasteiger partial charge is 0.467 e. The first-order chi connectivity index (χ1) is 11.5. The van der Waals surface area contributed by atoms with Crippen molar-refractivity contribution in [2.45, 2.75) is 38.4 Å². The Kier molecular flexibility index (Phi) is 4.08. The van der Waals surface area contributed by atoms with Crippen LogP contribution >= 0.6 is 0 Å². The van der Waals surface area contributed by atoms with E-state index in [0.717, 1.165) is 17.4 Å². The monoisotopic (exact) mass is 328 g/mol. The van der Waals surface area contributed by atoms with E-state index >= 15 is 0 Å². The molecule has 1 aliphatic rings. The van der Waals surface area contributed by atoms with Gasteiger partial charge in [0.1, 0.15) is 23.9 Å². The zero-order chi connectivity index (χ0) is 17.3. The van der Waals surface area contributed by atoms with Gasteiger partial charge in [-0.25, -0.2) is 9.36 Å². The molecule has 1 amide bonds. The lowest BCUT2D eigenvalue weighted by Gasteiger charge is -2.13. The molecule has 124 valence electrons. The number of hydrogen-bond donors (Lipinski definition) is 1. The van der Waals surface area contributed by atoms with Crippen LogP contribution in [-0.2, 0) is 11.3 Å². The van der Waals surface area contributed by atoms with E-state index in [1.807, 2.05) is 0 Å². The number of nitrogens with one attached hydrogen (secondary N) is 1. The van der Waals surface area contributed by atoms with E-state index in [0.29, 0.717) is 5.76 Å². The summed E-state index contributed by atoms with van der Waals surface area (Å²) in [7, 11) is 0. The number of amides is 1. The molecular formula is C16H16N4O4. The highest BCUT2D eigenvalue weighted by molar-refractivity contribution is 5.76. The summed E-state index contributed by atoms with van der Waals surface area (Å²) in [5.74, 6) is 0.0624. The van der Waals surface area contributed by atoms with Gasteiger partial charge < -0.3 is 9.73 Å². The topological polar surface area (TPSA) is 110 Å². The fraction of sp³-hybridized carbons (Fsp3) is 0.375. The summed E-state index contributed by atoms with van der Waals surface area (Å²) in [5.41, 5.74) is -1.46. The van der Waals surface area contributed by atoms with Crippen molar-refractivity contribution in [1.29, 1.82) is 5.26 Å². The number of hydrogen-bond acceptors (Lipinski definition) is 5. The third-order valence-corrected chi connectivity index (χ3v) is 3.91. The van der Waals surface area contributed by atoms with Crippen LogP contribution in [0.2, 0.25) is 0 Å². The Bertz CT molecular complexity index is 913. The van der Waals surface area contributed by atoms with Gasteiger partial charge in [-0.15, -0.1) is 0 Å². The standard InChI is InChI=1S/C16H16N4O4/c1-10(13-3-2-6-24-13)18-14(21)9-20-15(22)11(7-17)8-19(16(20)23)12-4-5-12/h2-3,6,8,10,12H,4-5,9H2,1H3,(H,18,21). The number of rotatable bonds is 5. The van der Waals surface area contributed by atoms with E-state index < -0.39 is 29.7 Å². The maximum Gasteiger partial charge on any atom is 0.331 e. The van der Waals surface area contributed by atoms with E-state index in [2.05, 4.69) is 5.32 Å². The number of nitrogens with zero attached hydrogens (tertiary/aromatic N) is 3. The number of carbonyl (C=O) groups is 1. The Labute approximate surface area is 136 Å². The van der Waals surface area contributed by atoms with Crippen molar-refractivity contribution >= 4 is 5.91 Å². The summed E-state index contributed by atoms with van der Waals surface area (Å²) in [5, 5.41) is 11.7. The molecule has 1 fully saturated rings. The first kappa shape index (κ1) is 15.8. The molecule has 2 heterocycles. The lowest BCUT2D eigenvalue weighted by atomic mass is 10.2. The Balaban J connectivity index is 1.85. The zero-order valence-corrected chi connectivity index (χ0v) is 13.1. The highest BCUT2D eigenvalue weighted by Crippen LogP contribution is 2.33. The smallest absolute Gasteiger partial charge is 0.331 e. The highest BCUT2D eigenvalue weighted by atomic mass is 16.3. The quantitative estimate of drug-likeness (QED) is 0.868. The molecule has 1 aliphatic carbocycles. The minimum absolute atomic E-state index is 0.00144. The molecule has 1 unspecified atom stereocenters. The highest BCUT2D eigenvalue weighted by Gasteiger charge is 2.27. The average molecular weight is 328 g/mol. The fourth-order valence-electron chi connectivity index (χ4n) is 2.49. The van der Waals surface area contributed by atoms with Crippen LogP contribution in [0, 0.1) is 11.3 Å². The van der Waals surface area contributed by atoms with Crippen molar-refractivity contribution in [2.24, 2.45) is 0 Å².